The van der Waals surface area contributed by atoms with Gasteiger partial charge in [-0.2, -0.15) is 4.31 Å². The number of benzene rings is 1. The molecule has 21 heavy (non-hydrogen) atoms. The first-order valence-electron chi connectivity index (χ1n) is 6.82. The molecular formula is C14H20N2O4S. The van der Waals surface area contributed by atoms with E-state index in [1.54, 1.807) is 6.07 Å². The summed E-state index contributed by atoms with van der Waals surface area (Å²) in [5.41, 5.74) is 6.09. The number of carbonyl (C=O) groups is 1. The van der Waals surface area contributed by atoms with Gasteiger partial charge in [-0.05, 0) is 38.0 Å². The van der Waals surface area contributed by atoms with Gasteiger partial charge in [0.25, 0.3) is 0 Å². The molecule has 6 nitrogen and oxygen atoms in total. The second-order valence-corrected chi connectivity index (χ2v) is 7.16. The van der Waals surface area contributed by atoms with E-state index in [4.69, 9.17) is 5.73 Å². The standard InChI is InChI=1S/C14H20N2O4S/c1-10-8-12(15)6-7-16(10)21(18,19)13-5-3-4-11(9-13)14(17)20-2/h3-5,9-10,12H,6-8,15H2,1-2H3. The molecule has 0 saturated carbocycles. The minimum Gasteiger partial charge on any atom is -0.465 e. The lowest BCUT2D eigenvalue weighted by atomic mass is 10.0. The van der Waals surface area contributed by atoms with E-state index in [1.807, 2.05) is 6.92 Å². The van der Waals surface area contributed by atoms with Gasteiger partial charge >= 0.3 is 5.97 Å². The summed E-state index contributed by atoms with van der Waals surface area (Å²) in [4.78, 5) is 11.6. The molecule has 2 atom stereocenters. The van der Waals surface area contributed by atoms with Crippen LogP contribution < -0.4 is 5.73 Å². The van der Waals surface area contributed by atoms with Crippen molar-refractivity contribution in [1.29, 1.82) is 0 Å². The lowest BCUT2D eigenvalue weighted by Crippen LogP contribution is -2.48. The fraction of sp³-hybridized carbons (Fsp3) is 0.500. The molecule has 1 aliphatic rings. The first kappa shape index (κ1) is 15.9. The summed E-state index contributed by atoms with van der Waals surface area (Å²) in [6, 6.07) is 5.79. The second-order valence-electron chi connectivity index (χ2n) is 5.27. The smallest absolute Gasteiger partial charge is 0.337 e. The molecule has 0 spiro atoms. The number of hydrogen-bond donors (Lipinski definition) is 1. The lowest BCUT2D eigenvalue weighted by Gasteiger charge is -2.35. The number of methoxy groups -OCH3 is 1. The van der Waals surface area contributed by atoms with Gasteiger partial charge in [0.15, 0.2) is 0 Å². The van der Waals surface area contributed by atoms with Crippen LogP contribution in [0.3, 0.4) is 0 Å². The van der Waals surface area contributed by atoms with Gasteiger partial charge < -0.3 is 10.5 Å². The summed E-state index contributed by atoms with van der Waals surface area (Å²) in [7, 11) is -2.37. The Kier molecular flexibility index (Phi) is 4.65. The topological polar surface area (TPSA) is 89.7 Å². The summed E-state index contributed by atoms with van der Waals surface area (Å²) < 4.78 is 31.5. The third-order valence-corrected chi connectivity index (χ3v) is 5.73. The van der Waals surface area contributed by atoms with Gasteiger partial charge in [0.05, 0.1) is 17.6 Å². The highest BCUT2D eigenvalue weighted by molar-refractivity contribution is 7.89. The van der Waals surface area contributed by atoms with E-state index in [0.717, 1.165) is 0 Å². The average Bonchev–Trinajstić information content (AvgIpc) is 2.46. The fourth-order valence-electron chi connectivity index (χ4n) is 2.58. The highest BCUT2D eigenvalue weighted by Gasteiger charge is 2.33. The van der Waals surface area contributed by atoms with Gasteiger partial charge in [0.1, 0.15) is 0 Å². The summed E-state index contributed by atoms with van der Waals surface area (Å²) in [5, 5.41) is 0. The number of piperidine rings is 1. The molecule has 116 valence electrons. The fourth-order valence-corrected chi connectivity index (χ4v) is 4.28. The van der Waals surface area contributed by atoms with Crippen LogP contribution in [0.4, 0.5) is 0 Å². The van der Waals surface area contributed by atoms with Crippen LogP contribution in [0, 0.1) is 0 Å². The molecule has 0 bridgehead atoms. The van der Waals surface area contributed by atoms with E-state index >= 15 is 0 Å². The van der Waals surface area contributed by atoms with Crippen LogP contribution in [0.15, 0.2) is 29.2 Å². The Morgan fingerprint density at radius 2 is 2.14 bits per heavy atom. The summed E-state index contributed by atoms with van der Waals surface area (Å²) in [6.07, 6.45) is 1.27. The van der Waals surface area contributed by atoms with Crippen molar-refractivity contribution in [1.82, 2.24) is 4.31 Å². The predicted molar refractivity (Wildman–Crippen MR) is 78.3 cm³/mol. The van der Waals surface area contributed by atoms with Crippen molar-refractivity contribution >= 4 is 16.0 Å². The van der Waals surface area contributed by atoms with Crippen molar-refractivity contribution in [2.24, 2.45) is 5.73 Å². The van der Waals surface area contributed by atoms with Gasteiger partial charge in [-0.3, -0.25) is 0 Å². The van der Waals surface area contributed by atoms with Gasteiger partial charge in [0.2, 0.25) is 10.0 Å². The Balaban J connectivity index is 2.33. The zero-order valence-corrected chi connectivity index (χ0v) is 13.0. The number of carbonyl (C=O) groups excluding carboxylic acids is 1. The zero-order valence-electron chi connectivity index (χ0n) is 12.2. The minimum absolute atomic E-state index is 0.0350. The molecule has 1 fully saturated rings. The van der Waals surface area contributed by atoms with Crippen LogP contribution in [0.25, 0.3) is 0 Å². The third kappa shape index (κ3) is 3.25. The molecular weight excluding hydrogens is 292 g/mol. The first-order chi connectivity index (χ1) is 9.86. The van der Waals surface area contributed by atoms with Gasteiger partial charge in [0, 0.05) is 18.6 Å². The monoisotopic (exact) mass is 312 g/mol. The van der Waals surface area contributed by atoms with Crippen molar-refractivity contribution in [3.8, 4) is 0 Å². The molecule has 2 rings (SSSR count). The van der Waals surface area contributed by atoms with Gasteiger partial charge in [-0.25, -0.2) is 13.2 Å². The molecule has 0 aliphatic carbocycles. The van der Waals surface area contributed by atoms with Crippen LogP contribution in [-0.2, 0) is 14.8 Å². The summed E-state index contributed by atoms with van der Waals surface area (Å²) >= 11 is 0. The molecule has 2 N–H and O–H groups in total. The van der Waals surface area contributed by atoms with E-state index in [-0.39, 0.29) is 22.5 Å². The lowest BCUT2D eigenvalue weighted by molar-refractivity contribution is 0.0600. The van der Waals surface area contributed by atoms with Crippen LogP contribution in [0.1, 0.15) is 30.1 Å². The Bertz CT molecular complexity index is 630. The van der Waals surface area contributed by atoms with E-state index in [0.29, 0.717) is 19.4 Å². The normalized spacial score (nSPS) is 23.8. The van der Waals surface area contributed by atoms with Gasteiger partial charge in [-0.15, -0.1) is 0 Å². The second kappa shape index (κ2) is 6.13. The molecule has 7 heteroatoms. The number of hydrogen-bond acceptors (Lipinski definition) is 5. The number of ether oxygens (including phenoxy) is 1. The number of nitrogens with zero attached hydrogens (tertiary/aromatic N) is 1. The molecule has 1 aromatic carbocycles. The van der Waals surface area contributed by atoms with Crippen LogP contribution in [0.5, 0.6) is 0 Å². The van der Waals surface area contributed by atoms with E-state index in [9.17, 15) is 13.2 Å². The molecule has 2 unspecified atom stereocenters. The molecule has 1 heterocycles. The average molecular weight is 312 g/mol. The molecule has 1 aromatic rings. The third-order valence-electron chi connectivity index (χ3n) is 3.72. The van der Waals surface area contributed by atoms with Crippen molar-refractivity contribution in [3.63, 3.8) is 0 Å². The Labute approximate surface area is 124 Å². The van der Waals surface area contributed by atoms with Gasteiger partial charge in [-0.1, -0.05) is 6.07 Å². The van der Waals surface area contributed by atoms with Crippen LogP contribution in [0.2, 0.25) is 0 Å². The summed E-state index contributed by atoms with van der Waals surface area (Å²) in [5.74, 6) is -0.555. The highest BCUT2D eigenvalue weighted by atomic mass is 32.2. The zero-order chi connectivity index (χ0) is 15.6. The molecule has 0 radical (unpaired) electrons. The van der Waals surface area contributed by atoms with E-state index < -0.39 is 16.0 Å². The summed E-state index contributed by atoms with van der Waals surface area (Å²) in [6.45, 7) is 2.24. The SMILES string of the molecule is COC(=O)c1cccc(S(=O)(=O)N2CCC(N)CC2C)c1. The number of esters is 1. The largest absolute Gasteiger partial charge is 0.465 e. The van der Waals surface area contributed by atoms with Crippen molar-refractivity contribution < 1.29 is 17.9 Å². The van der Waals surface area contributed by atoms with Crippen LogP contribution in [-0.4, -0.2) is 44.4 Å². The first-order valence-corrected chi connectivity index (χ1v) is 8.26. The highest BCUT2D eigenvalue weighted by Crippen LogP contribution is 2.25. The minimum atomic E-state index is -3.63. The Hall–Kier alpha value is -1.44. The Morgan fingerprint density at radius 3 is 2.76 bits per heavy atom. The number of nitrogens with two attached hydrogens (primary N) is 1. The Morgan fingerprint density at radius 1 is 1.43 bits per heavy atom. The molecule has 0 aromatic heterocycles. The maximum absolute atomic E-state index is 12.7. The van der Waals surface area contributed by atoms with E-state index in [2.05, 4.69) is 4.74 Å². The quantitative estimate of drug-likeness (QED) is 0.840. The van der Waals surface area contributed by atoms with Crippen LogP contribution >= 0.6 is 0 Å². The maximum Gasteiger partial charge on any atom is 0.337 e. The maximum atomic E-state index is 12.7. The molecule has 0 amide bonds. The predicted octanol–water partition coefficient (Wildman–Crippen LogP) is 0.973. The number of sulfonamides is 1. The van der Waals surface area contributed by atoms with Crippen molar-refractivity contribution in [3.05, 3.63) is 29.8 Å². The van der Waals surface area contributed by atoms with E-state index in [1.165, 1.54) is 29.6 Å². The molecule has 1 saturated heterocycles. The van der Waals surface area contributed by atoms with Crippen molar-refractivity contribution in [2.45, 2.75) is 36.7 Å². The number of rotatable bonds is 3. The molecule has 1 aliphatic heterocycles. The van der Waals surface area contributed by atoms with Crippen molar-refractivity contribution in [2.75, 3.05) is 13.7 Å².